The van der Waals surface area contributed by atoms with Crippen molar-refractivity contribution in [3.05, 3.63) is 52.1 Å². The van der Waals surface area contributed by atoms with E-state index >= 15 is 0 Å². The van der Waals surface area contributed by atoms with Gasteiger partial charge in [0.2, 0.25) is 11.6 Å². The molecule has 9 heteroatoms. The first-order valence-electron chi connectivity index (χ1n) is 5.37. The number of nitrogens with one attached hydrogen (secondary N) is 1. The van der Waals surface area contributed by atoms with Crippen molar-refractivity contribution in [2.24, 2.45) is 5.10 Å². The van der Waals surface area contributed by atoms with Gasteiger partial charge in [-0.05, 0) is 17.7 Å². The van der Waals surface area contributed by atoms with Gasteiger partial charge >= 0.3 is 5.69 Å². The first-order chi connectivity index (χ1) is 9.58. The predicted molar refractivity (Wildman–Crippen MR) is 70.7 cm³/mol. The molecule has 1 heterocycles. The summed E-state index contributed by atoms with van der Waals surface area (Å²) in [6.45, 7) is 0. The number of aromatic nitrogens is 2. The van der Waals surface area contributed by atoms with E-state index in [4.69, 9.17) is 5.73 Å². The van der Waals surface area contributed by atoms with E-state index in [1.165, 1.54) is 30.5 Å². The van der Waals surface area contributed by atoms with E-state index in [1.54, 1.807) is 0 Å². The Labute approximate surface area is 112 Å². The number of rotatable bonds is 4. The summed E-state index contributed by atoms with van der Waals surface area (Å²) in [6, 6.07) is 5.55. The molecule has 0 spiro atoms. The van der Waals surface area contributed by atoms with E-state index in [1.807, 2.05) is 0 Å². The zero-order valence-electron chi connectivity index (χ0n) is 10.0. The monoisotopic (exact) mass is 276 g/mol. The van der Waals surface area contributed by atoms with Gasteiger partial charge in [0.1, 0.15) is 12.1 Å². The zero-order valence-corrected chi connectivity index (χ0v) is 10.0. The topological polar surface area (TPSA) is 119 Å². The average molecular weight is 276 g/mol. The third kappa shape index (κ3) is 3.02. The Bertz CT molecular complexity index is 658. The van der Waals surface area contributed by atoms with Crippen LogP contribution in [0.2, 0.25) is 0 Å². The Kier molecular flexibility index (Phi) is 3.80. The second-order valence-electron chi connectivity index (χ2n) is 3.63. The minimum atomic E-state index is -0.703. The molecule has 0 amide bonds. The number of nitrogens with two attached hydrogens (primary N) is 1. The van der Waals surface area contributed by atoms with Crippen LogP contribution in [0.4, 0.5) is 21.7 Å². The van der Waals surface area contributed by atoms with E-state index in [2.05, 4.69) is 20.5 Å². The van der Waals surface area contributed by atoms with E-state index in [0.29, 0.717) is 5.56 Å². The predicted octanol–water partition coefficient (Wildman–Crippen LogP) is 1.55. The van der Waals surface area contributed by atoms with Gasteiger partial charge in [0.15, 0.2) is 0 Å². The molecular weight excluding hydrogens is 267 g/mol. The van der Waals surface area contributed by atoms with Gasteiger partial charge in [0.05, 0.1) is 11.1 Å². The van der Waals surface area contributed by atoms with Crippen LogP contribution in [0.25, 0.3) is 0 Å². The number of nitrogens with zero attached hydrogens (tertiary/aromatic N) is 4. The fourth-order valence-electron chi connectivity index (χ4n) is 1.37. The number of benzene rings is 1. The highest BCUT2D eigenvalue weighted by molar-refractivity contribution is 5.80. The van der Waals surface area contributed by atoms with Crippen LogP contribution in [0.15, 0.2) is 35.7 Å². The van der Waals surface area contributed by atoms with Crippen molar-refractivity contribution < 1.29 is 9.31 Å². The molecular formula is C11H9FN6O2. The molecule has 2 rings (SSSR count). The smallest absolute Gasteiger partial charge is 0.354 e. The summed E-state index contributed by atoms with van der Waals surface area (Å²) < 4.78 is 12.7. The van der Waals surface area contributed by atoms with E-state index < -0.39 is 10.6 Å². The summed E-state index contributed by atoms with van der Waals surface area (Å²) in [5, 5.41) is 14.6. The molecule has 0 atom stereocenters. The lowest BCUT2D eigenvalue weighted by atomic mass is 10.2. The largest absolute Gasteiger partial charge is 0.378 e. The second-order valence-corrected chi connectivity index (χ2v) is 3.63. The van der Waals surface area contributed by atoms with Crippen LogP contribution in [0.3, 0.4) is 0 Å². The first-order valence-corrected chi connectivity index (χ1v) is 5.37. The summed E-state index contributed by atoms with van der Waals surface area (Å²) >= 11 is 0. The molecule has 1 aromatic carbocycles. The lowest BCUT2D eigenvalue weighted by molar-refractivity contribution is -0.383. The minimum Gasteiger partial charge on any atom is -0.378 e. The number of hydrogen-bond donors (Lipinski definition) is 2. The summed E-state index contributed by atoms with van der Waals surface area (Å²) in [7, 11) is 0. The van der Waals surface area contributed by atoms with Crippen LogP contribution >= 0.6 is 0 Å². The van der Waals surface area contributed by atoms with Gasteiger partial charge in [-0.2, -0.15) is 5.10 Å². The van der Waals surface area contributed by atoms with Crippen molar-refractivity contribution in [1.82, 2.24) is 9.97 Å². The van der Waals surface area contributed by atoms with Crippen molar-refractivity contribution in [1.29, 1.82) is 0 Å². The minimum absolute atomic E-state index is 0.124. The van der Waals surface area contributed by atoms with Gasteiger partial charge in [-0.25, -0.2) is 14.4 Å². The number of nitro groups is 1. The molecule has 20 heavy (non-hydrogen) atoms. The van der Waals surface area contributed by atoms with Gasteiger partial charge < -0.3 is 5.73 Å². The normalized spacial score (nSPS) is 10.7. The van der Waals surface area contributed by atoms with Gasteiger partial charge in [0.25, 0.3) is 0 Å². The molecule has 8 nitrogen and oxygen atoms in total. The Hall–Kier alpha value is -3.10. The van der Waals surface area contributed by atoms with Gasteiger partial charge in [0, 0.05) is 0 Å². The lowest BCUT2D eigenvalue weighted by Crippen LogP contribution is -2.04. The van der Waals surface area contributed by atoms with E-state index in [0.717, 1.165) is 6.33 Å². The lowest BCUT2D eigenvalue weighted by Gasteiger charge is -2.01. The Balaban J connectivity index is 2.17. The third-order valence-corrected chi connectivity index (χ3v) is 2.29. The average Bonchev–Trinajstić information content (AvgIpc) is 2.40. The molecule has 0 bridgehead atoms. The van der Waals surface area contributed by atoms with Crippen LogP contribution in [0, 0.1) is 15.9 Å². The number of nitrogen functional groups attached to an aromatic ring is 1. The molecule has 0 aliphatic heterocycles. The molecule has 0 aliphatic carbocycles. The second kappa shape index (κ2) is 5.69. The fourth-order valence-corrected chi connectivity index (χ4v) is 1.37. The Morgan fingerprint density at radius 2 is 2.05 bits per heavy atom. The molecule has 0 saturated heterocycles. The standard InChI is InChI=1S/C11H9FN6O2/c12-8-3-1-7(2-4-8)5-16-17-11-9(18(19)20)10(13)14-6-15-11/h1-6H,(H3,13,14,15,17)/b16-5+. The number of anilines is 2. The number of halogens is 1. The summed E-state index contributed by atoms with van der Waals surface area (Å²) in [5.74, 6) is -0.750. The highest BCUT2D eigenvalue weighted by Crippen LogP contribution is 2.25. The van der Waals surface area contributed by atoms with Crippen molar-refractivity contribution in [3.8, 4) is 0 Å². The van der Waals surface area contributed by atoms with Crippen molar-refractivity contribution in [2.45, 2.75) is 0 Å². The van der Waals surface area contributed by atoms with Crippen LogP contribution in [-0.4, -0.2) is 21.1 Å². The number of hydrogen-bond acceptors (Lipinski definition) is 7. The van der Waals surface area contributed by atoms with Crippen molar-refractivity contribution in [2.75, 3.05) is 11.2 Å². The molecule has 1 aromatic heterocycles. The molecule has 0 radical (unpaired) electrons. The van der Waals surface area contributed by atoms with Crippen molar-refractivity contribution in [3.63, 3.8) is 0 Å². The van der Waals surface area contributed by atoms with Crippen LogP contribution in [0.1, 0.15) is 5.56 Å². The summed E-state index contributed by atoms with van der Waals surface area (Å²) in [6.07, 6.45) is 2.44. The van der Waals surface area contributed by atoms with Crippen LogP contribution < -0.4 is 11.2 Å². The van der Waals surface area contributed by atoms with Crippen LogP contribution in [-0.2, 0) is 0 Å². The third-order valence-electron chi connectivity index (χ3n) is 2.29. The molecule has 0 saturated carbocycles. The summed E-state index contributed by atoms with van der Waals surface area (Å²) in [5.41, 5.74) is 7.96. The van der Waals surface area contributed by atoms with E-state index in [9.17, 15) is 14.5 Å². The van der Waals surface area contributed by atoms with Gasteiger partial charge in [-0.3, -0.25) is 15.5 Å². The van der Waals surface area contributed by atoms with Crippen LogP contribution in [0.5, 0.6) is 0 Å². The molecule has 0 fully saturated rings. The Morgan fingerprint density at radius 3 is 2.70 bits per heavy atom. The molecule has 0 unspecified atom stereocenters. The molecule has 3 N–H and O–H groups in total. The molecule has 2 aromatic rings. The highest BCUT2D eigenvalue weighted by Gasteiger charge is 2.20. The Morgan fingerprint density at radius 1 is 1.35 bits per heavy atom. The highest BCUT2D eigenvalue weighted by atomic mass is 19.1. The first kappa shape index (κ1) is 13.3. The zero-order chi connectivity index (χ0) is 14.5. The summed E-state index contributed by atoms with van der Waals surface area (Å²) in [4.78, 5) is 17.3. The van der Waals surface area contributed by atoms with E-state index in [-0.39, 0.29) is 17.5 Å². The molecule has 0 aliphatic rings. The maximum Gasteiger partial charge on any atom is 0.354 e. The quantitative estimate of drug-likeness (QED) is 0.496. The van der Waals surface area contributed by atoms with Gasteiger partial charge in [-0.1, -0.05) is 12.1 Å². The molecule has 102 valence electrons. The van der Waals surface area contributed by atoms with Gasteiger partial charge in [-0.15, -0.1) is 0 Å². The number of hydrazone groups is 1. The fraction of sp³-hybridized carbons (Fsp3) is 0. The SMILES string of the molecule is Nc1ncnc(N/N=C/c2ccc(F)cc2)c1[N+](=O)[O-]. The maximum absolute atomic E-state index is 12.7. The van der Waals surface area contributed by atoms with Crippen molar-refractivity contribution >= 4 is 23.5 Å². The maximum atomic E-state index is 12.7.